The number of carbonyl (C=O) groups excluding carboxylic acids is 2. The average Bonchev–Trinajstić information content (AvgIpc) is 3.95. The van der Waals surface area contributed by atoms with E-state index in [0.717, 1.165) is 16.7 Å². The summed E-state index contributed by atoms with van der Waals surface area (Å²) < 4.78 is 60.5. The molecule has 0 bridgehead atoms. The van der Waals surface area contributed by atoms with E-state index in [1.807, 2.05) is 78.9 Å². The lowest BCUT2D eigenvalue weighted by Crippen LogP contribution is -2.43. The number of esters is 1. The Balaban J connectivity index is 1.34. The molecule has 4 aromatic carbocycles. The number of anilines is 1. The van der Waals surface area contributed by atoms with Gasteiger partial charge in [-0.15, -0.1) is 0 Å². The number of aromatic nitrogens is 4. The number of carbonyl (C=O) groups is 2. The van der Waals surface area contributed by atoms with E-state index in [4.69, 9.17) is 42.2 Å². The maximum absolute atomic E-state index is 13.5. The molecule has 1 aliphatic heterocycles. The fourth-order valence-electron chi connectivity index (χ4n) is 8.27. The number of nitrogens with zero attached hydrogens (tertiary/aromatic N) is 4. The second-order valence-electron chi connectivity index (χ2n) is 17.2. The number of hydrogen-bond donors (Lipinski definition) is 2. The van der Waals surface area contributed by atoms with E-state index in [-0.39, 0.29) is 41.7 Å². The summed E-state index contributed by atoms with van der Waals surface area (Å²) in [6.45, 7) is 10.7. The highest BCUT2D eigenvalue weighted by molar-refractivity contribution is 7.44. The molecule has 1 aliphatic rings. The molecule has 1 amide bonds. The summed E-state index contributed by atoms with van der Waals surface area (Å²) in [5.74, 6) is -0.0975. The van der Waals surface area contributed by atoms with Crippen LogP contribution in [0.4, 0.5) is 5.95 Å². The second-order valence-corrected chi connectivity index (χ2v) is 18.7. The zero-order valence-electron chi connectivity index (χ0n) is 40.8. The van der Waals surface area contributed by atoms with E-state index in [1.165, 1.54) is 6.33 Å². The number of aromatic amines is 1. The van der Waals surface area contributed by atoms with Crippen LogP contribution >= 0.6 is 8.53 Å². The number of hydrogen-bond acceptors (Lipinski definition) is 15. The summed E-state index contributed by atoms with van der Waals surface area (Å²) in [6.07, 6.45) is -2.67. The Kier molecular flexibility index (Phi) is 17.5. The molecule has 3 heterocycles. The van der Waals surface area contributed by atoms with Crippen LogP contribution in [0.5, 0.6) is 11.5 Å². The van der Waals surface area contributed by atoms with Crippen molar-refractivity contribution in [2.45, 2.75) is 83.8 Å². The molecule has 18 nitrogen and oxygen atoms in total. The molecule has 70 heavy (non-hydrogen) atoms. The van der Waals surface area contributed by atoms with Crippen molar-refractivity contribution in [2.24, 2.45) is 5.92 Å². The summed E-state index contributed by atoms with van der Waals surface area (Å²) >= 11 is 0. The van der Waals surface area contributed by atoms with E-state index in [9.17, 15) is 14.4 Å². The molecule has 2 N–H and O–H groups in total. The van der Waals surface area contributed by atoms with Crippen molar-refractivity contribution in [2.75, 3.05) is 46.8 Å². The van der Waals surface area contributed by atoms with Gasteiger partial charge in [0, 0.05) is 25.1 Å². The quantitative estimate of drug-likeness (QED) is 0.0205. The van der Waals surface area contributed by atoms with Crippen LogP contribution in [-0.4, -0.2) is 108 Å². The van der Waals surface area contributed by atoms with Crippen LogP contribution in [0.15, 0.2) is 120 Å². The SMILES string of the molecule is COc1ccc(C(OC[C@H]2O[C@@H](n3cnc4c(=O)[nH]c(NC(=O)C(C)C)nc43)[C@H](OCOCOC(=O)c3ccccc3)[C@@H]2OP(OC)N(C(C)C)C(C)C)(c2ccccc2)c2ccc(OC)cc2)cc1. The molecule has 0 aliphatic carbocycles. The van der Waals surface area contributed by atoms with Gasteiger partial charge < -0.3 is 42.2 Å². The molecule has 0 radical (unpaired) electrons. The number of benzene rings is 4. The molecule has 7 rings (SSSR count). The van der Waals surface area contributed by atoms with Gasteiger partial charge in [-0.2, -0.15) is 4.98 Å². The van der Waals surface area contributed by atoms with Gasteiger partial charge in [-0.1, -0.05) is 86.6 Å². The van der Waals surface area contributed by atoms with Crippen molar-refractivity contribution in [3.8, 4) is 11.5 Å². The summed E-state index contributed by atoms with van der Waals surface area (Å²) in [6, 6.07) is 33.7. The van der Waals surface area contributed by atoms with Crippen LogP contribution in [0.2, 0.25) is 0 Å². The molecule has 19 heteroatoms. The molecule has 5 atom stereocenters. The maximum atomic E-state index is 13.5. The van der Waals surface area contributed by atoms with Crippen molar-refractivity contribution < 1.29 is 51.8 Å². The Morgan fingerprint density at radius 1 is 0.800 bits per heavy atom. The van der Waals surface area contributed by atoms with Gasteiger partial charge in [0.15, 0.2) is 31.0 Å². The molecule has 1 unspecified atom stereocenters. The van der Waals surface area contributed by atoms with Crippen LogP contribution in [0.3, 0.4) is 0 Å². The van der Waals surface area contributed by atoms with Crippen molar-refractivity contribution in [1.29, 1.82) is 0 Å². The number of methoxy groups -OCH3 is 2. The normalized spacial score (nSPS) is 17.7. The molecule has 1 fully saturated rings. The minimum atomic E-state index is -1.80. The zero-order valence-corrected chi connectivity index (χ0v) is 41.7. The topological polar surface area (TPSA) is 196 Å². The van der Waals surface area contributed by atoms with Crippen LogP contribution in [0, 0.1) is 5.92 Å². The van der Waals surface area contributed by atoms with Gasteiger partial charge in [-0.3, -0.25) is 24.5 Å². The summed E-state index contributed by atoms with van der Waals surface area (Å²) in [5.41, 5.74) is 0.965. The first kappa shape index (κ1) is 51.8. The molecular formula is C51H61N6O12P. The predicted molar refractivity (Wildman–Crippen MR) is 262 cm³/mol. The largest absolute Gasteiger partial charge is 0.497 e. The third kappa shape index (κ3) is 11.6. The van der Waals surface area contributed by atoms with Crippen molar-refractivity contribution in [3.05, 3.63) is 148 Å². The van der Waals surface area contributed by atoms with E-state index >= 15 is 0 Å². The van der Waals surface area contributed by atoms with Gasteiger partial charge in [0.25, 0.3) is 14.1 Å². The Morgan fingerprint density at radius 2 is 1.39 bits per heavy atom. The molecule has 1 saturated heterocycles. The molecule has 0 saturated carbocycles. The third-order valence-corrected chi connectivity index (χ3v) is 13.7. The molecule has 0 spiro atoms. The summed E-state index contributed by atoms with van der Waals surface area (Å²) in [7, 11) is 3.01. The van der Waals surface area contributed by atoms with Crippen LogP contribution in [0.25, 0.3) is 11.2 Å². The number of rotatable bonds is 23. The highest BCUT2D eigenvalue weighted by Gasteiger charge is 2.52. The highest BCUT2D eigenvalue weighted by atomic mass is 31.2. The minimum Gasteiger partial charge on any atom is -0.497 e. The van der Waals surface area contributed by atoms with Gasteiger partial charge in [-0.25, -0.2) is 14.4 Å². The minimum absolute atomic E-state index is 0.00950. The first-order valence-electron chi connectivity index (χ1n) is 22.9. The maximum Gasteiger partial charge on any atom is 0.340 e. The number of H-pyrrole nitrogens is 1. The van der Waals surface area contributed by atoms with Gasteiger partial charge in [-0.05, 0) is 80.8 Å². The van der Waals surface area contributed by atoms with Crippen molar-refractivity contribution in [3.63, 3.8) is 0 Å². The van der Waals surface area contributed by atoms with E-state index in [2.05, 4.69) is 52.6 Å². The first-order chi connectivity index (χ1) is 33.8. The van der Waals surface area contributed by atoms with E-state index < -0.39 is 69.7 Å². The third-order valence-electron chi connectivity index (χ3n) is 11.6. The molecular weight excluding hydrogens is 920 g/mol. The lowest BCUT2D eigenvalue weighted by molar-refractivity contribution is -0.163. The predicted octanol–water partition coefficient (Wildman–Crippen LogP) is 8.19. The Hall–Kier alpha value is -6.08. The van der Waals surface area contributed by atoms with E-state index in [1.54, 1.807) is 70.1 Å². The lowest BCUT2D eigenvalue weighted by atomic mass is 9.80. The number of fused-ring (bicyclic) bond motifs is 1. The van der Waals surface area contributed by atoms with Gasteiger partial charge in [0.05, 0.1) is 32.7 Å². The monoisotopic (exact) mass is 980 g/mol. The molecule has 372 valence electrons. The van der Waals surface area contributed by atoms with Crippen LogP contribution < -0.4 is 20.3 Å². The number of nitrogens with one attached hydrogen (secondary N) is 2. The summed E-state index contributed by atoms with van der Waals surface area (Å²) in [4.78, 5) is 50.9. The average molecular weight is 981 g/mol. The van der Waals surface area contributed by atoms with Gasteiger partial charge in [0.1, 0.15) is 35.4 Å². The Labute approximate surface area is 408 Å². The zero-order chi connectivity index (χ0) is 50.0. The molecule has 6 aromatic rings. The standard InChI is InChI=1S/C51H61N6O12P/c1-32(2)46(58)54-50-53-45-42(47(59)55-50)52-29-56(45)48-44(65-30-64-31-66-49(60)35-16-12-10-13-17-35)43(69-70(63-9)57(33(3)4)34(5)6)41(68-48)28-67-51(36-18-14-11-15-19-36,37-20-24-39(61-7)25-21-37)38-22-26-40(62-8)27-23-38/h10-27,29,32-34,41,43-44,48H,28,30-31H2,1-9H3,(H2,53,54,55,58,59)/t41-,43-,44-,48-,70?/m1/s1. The first-order valence-corrected chi connectivity index (χ1v) is 24.0. The van der Waals surface area contributed by atoms with Crippen LogP contribution in [-0.2, 0) is 43.1 Å². The summed E-state index contributed by atoms with van der Waals surface area (Å²) in [5, 5.41) is 2.69. The lowest BCUT2D eigenvalue weighted by Gasteiger charge is -2.39. The number of amides is 1. The Bertz CT molecular complexity index is 2630. The van der Waals surface area contributed by atoms with Gasteiger partial charge >= 0.3 is 5.97 Å². The number of imidazole rings is 1. The van der Waals surface area contributed by atoms with Gasteiger partial charge in [0.2, 0.25) is 11.9 Å². The molecule has 2 aromatic heterocycles. The number of ether oxygens (including phenoxy) is 7. The second kappa shape index (κ2) is 23.7. The van der Waals surface area contributed by atoms with E-state index in [0.29, 0.717) is 17.1 Å². The Morgan fingerprint density at radius 3 is 1.94 bits per heavy atom. The highest BCUT2D eigenvalue weighted by Crippen LogP contribution is 2.51. The van der Waals surface area contributed by atoms with Crippen LogP contribution in [0.1, 0.15) is 74.8 Å². The fourth-order valence-corrected chi connectivity index (χ4v) is 9.87. The van der Waals surface area contributed by atoms with Crippen molar-refractivity contribution >= 4 is 37.5 Å². The van der Waals surface area contributed by atoms with Crippen molar-refractivity contribution in [1.82, 2.24) is 24.2 Å². The fraction of sp³-hybridized carbons (Fsp3) is 0.392. The smallest absolute Gasteiger partial charge is 0.340 e.